The molecule has 0 aliphatic carbocycles. The van der Waals surface area contributed by atoms with Crippen molar-refractivity contribution in [2.24, 2.45) is 0 Å². The van der Waals surface area contributed by atoms with Crippen molar-refractivity contribution in [1.82, 2.24) is 0 Å². The van der Waals surface area contributed by atoms with Crippen LogP contribution in [0.5, 0.6) is 0 Å². The summed E-state index contributed by atoms with van der Waals surface area (Å²) in [5.74, 6) is -0.197. The Balaban J connectivity index is 1.85. The lowest BCUT2D eigenvalue weighted by atomic mass is 10.1. The molecule has 1 aliphatic heterocycles. The van der Waals surface area contributed by atoms with Gasteiger partial charge in [0.05, 0.1) is 23.1 Å². The summed E-state index contributed by atoms with van der Waals surface area (Å²) in [6.07, 6.45) is 3.45. The highest BCUT2D eigenvalue weighted by Crippen LogP contribution is 2.29. The highest BCUT2D eigenvalue weighted by atomic mass is 32.1. The molecule has 1 aromatic carbocycles. The quantitative estimate of drug-likeness (QED) is 0.643. The van der Waals surface area contributed by atoms with E-state index in [1.165, 1.54) is 18.4 Å². The Kier molecular flexibility index (Phi) is 3.89. The predicted molar refractivity (Wildman–Crippen MR) is 84.1 cm³/mol. The molecule has 0 amide bonds. The van der Waals surface area contributed by atoms with Gasteiger partial charge in [0, 0.05) is 0 Å². The summed E-state index contributed by atoms with van der Waals surface area (Å²) in [4.78, 5) is 24.2. The van der Waals surface area contributed by atoms with Crippen LogP contribution in [0.3, 0.4) is 0 Å². The molecule has 0 radical (unpaired) electrons. The van der Waals surface area contributed by atoms with E-state index in [4.69, 9.17) is 4.74 Å². The van der Waals surface area contributed by atoms with Gasteiger partial charge in [-0.1, -0.05) is 18.2 Å². The van der Waals surface area contributed by atoms with Gasteiger partial charge in [0.2, 0.25) is 0 Å². The van der Waals surface area contributed by atoms with Gasteiger partial charge in [0.1, 0.15) is 5.76 Å². The molecule has 0 atom stereocenters. The van der Waals surface area contributed by atoms with Gasteiger partial charge in [-0.15, -0.1) is 11.3 Å². The third-order valence-corrected chi connectivity index (χ3v) is 4.03. The molecule has 0 spiro atoms. The van der Waals surface area contributed by atoms with Gasteiger partial charge in [-0.25, -0.2) is 9.59 Å². The first-order valence-electron chi connectivity index (χ1n) is 6.55. The monoisotopic (exact) mass is 312 g/mol. The van der Waals surface area contributed by atoms with Crippen LogP contribution < -0.4 is 0 Å². The zero-order chi connectivity index (χ0) is 15.5. The molecule has 110 valence electrons. The fraction of sp³-hybridized carbons (Fsp3) is 0.0588. The SMILES string of the molecule is COC(=O)c1ccc(/C=C2\C=C(c3cccs3)OC2=O)cc1. The average Bonchev–Trinajstić information content (AvgIpc) is 3.18. The number of esters is 2. The maximum absolute atomic E-state index is 11.9. The number of ether oxygens (including phenoxy) is 2. The second-order valence-corrected chi connectivity index (χ2v) is 5.54. The summed E-state index contributed by atoms with van der Waals surface area (Å²) >= 11 is 1.51. The second kappa shape index (κ2) is 5.99. The van der Waals surface area contributed by atoms with Crippen LogP contribution in [0.25, 0.3) is 11.8 Å². The largest absolute Gasteiger partial charge is 0.465 e. The molecule has 0 N–H and O–H groups in total. The molecule has 2 aromatic rings. The molecule has 1 aliphatic rings. The van der Waals surface area contributed by atoms with Crippen LogP contribution in [0.15, 0.2) is 53.4 Å². The summed E-state index contributed by atoms with van der Waals surface area (Å²) in [6.45, 7) is 0. The van der Waals surface area contributed by atoms with Gasteiger partial charge < -0.3 is 9.47 Å². The highest BCUT2D eigenvalue weighted by molar-refractivity contribution is 7.11. The smallest absolute Gasteiger partial charge is 0.343 e. The minimum atomic E-state index is -0.389. The van der Waals surface area contributed by atoms with E-state index in [2.05, 4.69) is 4.74 Å². The van der Waals surface area contributed by atoms with E-state index in [0.29, 0.717) is 16.9 Å². The third kappa shape index (κ3) is 2.84. The van der Waals surface area contributed by atoms with Crippen molar-refractivity contribution in [2.45, 2.75) is 0 Å². The molecule has 22 heavy (non-hydrogen) atoms. The number of thiophene rings is 1. The topological polar surface area (TPSA) is 52.6 Å². The fourth-order valence-electron chi connectivity index (χ4n) is 2.04. The highest BCUT2D eigenvalue weighted by Gasteiger charge is 2.22. The van der Waals surface area contributed by atoms with Crippen LogP contribution in [0.2, 0.25) is 0 Å². The summed E-state index contributed by atoms with van der Waals surface area (Å²) < 4.78 is 9.91. The van der Waals surface area contributed by atoms with Crippen LogP contribution in [0.1, 0.15) is 20.8 Å². The zero-order valence-electron chi connectivity index (χ0n) is 11.7. The normalized spacial score (nSPS) is 15.6. The lowest BCUT2D eigenvalue weighted by Crippen LogP contribution is -2.00. The number of cyclic esters (lactones) is 1. The number of hydrogen-bond donors (Lipinski definition) is 0. The van der Waals surface area contributed by atoms with Gasteiger partial charge in [0.25, 0.3) is 0 Å². The molecule has 2 heterocycles. The van der Waals surface area contributed by atoms with Crippen molar-refractivity contribution in [3.8, 4) is 0 Å². The van der Waals surface area contributed by atoms with Gasteiger partial charge in [-0.05, 0) is 41.3 Å². The first kappa shape index (κ1) is 14.3. The molecule has 5 heteroatoms. The standard InChI is InChI=1S/C17H12O4S/c1-20-16(18)12-6-4-11(5-7-12)9-13-10-14(21-17(13)19)15-3-2-8-22-15/h2-10H,1H3/b13-9+. The molecule has 0 bridgehead atoms. The van der Waals surface area contributed by atoms with Gasteiger partial charge in [-0.3, -0.25) is 0 Å². The molecular weight excluding hydrogens is 300 g/mol. The Morgan fingerprint density at radius 1 is 1.23 bits per heavy atom. The fourth-order valence-corrected chi connectivity index (χ4v) is 2.72. The Bertz CT molecular complexity index is 768. The summed E-state index contributed by atoms with van der Waals surface area (Å²) in [6, 6.07) is 10.6. The van der Waals surface area contributed by atoms with Crippen molar-refractivity contribution in [2.75, 3.05) is 7.11 Å². The number of hydrogen-bond acceptors (Lipinski definition) is 5. The van der Waals surface area contributed by atoms with Crippen molar-refractivity contribution in [1.29, 1.82) is 0 Å². The van der Waals surface area contributed by atoms with Crippen molar-refractivity contribution in [3.05, 3.63) is 69.4 Å². The van der Waals surface area contributed by atoms with Crippen LogP contribution in [0.4, 0.5) is 0 Å². The van der Waals surface area contributed by atoms with Gasteiger partial charge >= 0.3 is 11.9 Å². The van der Waals surface area contributed by atoms with Crippen LogP contribution in [-0.2, 0) is 14.3 Å². The maximum Gasteiger partial charge on any atom is 0.343 e. The van der Waals surface area contributed by atoms with Gasteiger partial charge in [0.15, 0.2) is 0 Å². The van der Waals surface area contributed by atoms with Crippen LogP contribution in [0, 0.1) is 0 Å². The lowest BCUT2D eigenvalue weighted by Gasteiger charge is -2.00. The van der Waals surface area contributed by atoms with Gasteiger partial charge in [-0.2, -0.15) is 0 Å². The molecule has 0 unspecified atom stereocenters. The molecular formula is C17H12O4S. The number of carbonyl (C=O) groups is 2. The average molecular weight is 312 g/mol. The van der Waals surface area contributed by atoms with E-state index in [1.54, 1.807) is 36.4 Å². The van der Waals surface area contributed by atoms with E-state index >= 15 is 0 Å². The molecule has 4 nitrogen and oxygen atoms in total. The number of carbonyl (C=O) groups excluding carboxylic acids is 2. The van der Waals surface area contributed by atoms with E-state index < -0.39 is 0 Å². The Hall–Kier alpha value is -2.66. The summed E-state index contributed by atoms with van der Waals surface area (Å²) in [7, 11) is 1.34. The first-order valence-corrected chi connectivity index (χ1v) is 7.43. The van der Waals surface area contributed by atoms with Crippen LogP contribution >= 0.6 is 11.3 Å². The van der Waals surface area contributed by atoms with E-state index in [1.807, 2.05) is 17.5 Å². The minimum absolute atomic E-state index is 0.375. The first-order chi connectivity index (χ1) is 10.7. The second-order valence-electron chi connectivity index (χ2n) is 4.59. The lowest BCUT2D eigenvalue weighted by molar-refractivity contribution is -0.130. The number of methoxy groups -OCH3 is 1. The Morgan fingerprint density at radius 2 is 2.00 bits per heavy atom. The Labute approximate surface area is 131 Å². The van der Waals surface area contributed by atoms with Crippen LogP contribution in [-0.4, -0.2) is 19.0 Å². The minimum Gasteiger partial charge on any atom is -0.465 e. The number of benzene rings is 1. The summed E-state index contributed by atoms with van der Waals surface area (Å²) in [5.41, 5.74) is 1.76. The van der Waals surface area contributed by atoms with Crippen molar-refractivity contribution >= 4 is 35.1 Å². The molecule has 0 fully saturated rings. The van der Waals surface area contributed by atoms with E-state index in [0.717, 1.165) is 10.4 Å². The van der Waals surface area contributed by atoms with E-state index in [-0.39, 0.29) is 11.9 Å². The van der Waals surface area contributed by atoms with Crippen molar-refractivity contribution in [3.63, 3.8) is 0 Å². The summed E-state index contributed by atoms with van der Waals surface area (Å²) in [5, 5.41) is 1.93. The molecule has 3 rings (SSSR count). The number of rotatable bonds is 3. The van der Waals surface area contributed by atoms with Crippen molar-refractivity contribution < 1.29 is 19.1 Å². The molecule has 0 saturated carbocycles. The zero-order valence-corrected chi connectivity index (χ0v) is 12.6. The third-order valence-electron chi connectivity index (χ3n) is 3.14. The predicted octanol–water partition coefficient (Wildman–Crippen LogP) is 3.52. The maximum atomic E-state index is 11.9. The van der Waals surface area contributed by atoms with E-state index in [9.17, 15) is 9.59 Å². The molecule has 0 saturated heterocycles. The Morgan fingerprint density at radius 3 is 2.64 bits per heavy atom. The molecule has 1 aromatic heterocycles.